The fourth-order valence-electron chi connectivity index (χ4n) is 3.18. The molecule has 34 heavy (non-hydrogen) atoms. The number of carbonyl (C=O) groups excluding carboxylic acids is 1. The van der Waals surface area contributed by atoms with Gasteiger partial charge in [-0.05, 0) is 48.9 Å². The highest BCUT2D eigenvalue weighted by Gasteiger charge is 2.28. The van der Waals surface area contributed by atoms with Crippen LogP contribution in [0.1, 0.15) is 11.1 Å². The number of carbonyl (C=O) groups is 1. The lowest BCUT2D eigenvalue weighted by Crippen LogP contribution is -2.40. The zero-order chi connectivity index (χ0) is 24.9. The van der Waals surface area contributed by atoms with Gasteiger partial charge in [-0.25, -0.2) is 8.42 Å². The minimum atomic E-state index is -4.07. The number of hydrogen-bond donors (Lipinski definition) is 1. The normalized spacial score (nSPS) is 11.1. The lowest BCUT2D eigenvalue weighted by molar-refractivity contribution is -0.119. The number of sulfonamides is 1. The van der Waals surface area contributed by atoms with E-state index in [1.807, 2.05) is 6.92 Å². The van der Waals surface area contributed by atoms with Crippen molar-refractivity contribution in [1.82, 2.24) is 5.32 Å². The zero-order valence-electron chi connectivity index (χ0n) is 18.8. The van der Waals surface area contributed by atoms with Crippen molar-refractivity contribution in [3.63, 3.8) is 0 Å². The van der Waals surface area contributed by atoms with Crippen LogP contribution in [0.2, 0.25) is 10.0 Å². The average Bonchev–Trinajstić information content (AvgIpc) is 2.81. The SMILES string of the molecule is COc1ccc(N(CC(=O)NCc2ccc(Cl)cc2Cl)S(=O)(=O)c2ccc(C)cc2)cc1OC. The molecule has 0 atom stereocenters. The second-order valence-electron chi connectivity index (χ2n) is 7.38. The molecule has 3 aromatic carbocycles. The lowest BCUT2D eigenvalue weighted by atomic mass is 10.2. The van der Waals surface area contributed by atoms with E-state index in [9.17, 15) is 13.2 Å². The van der Waals surface area contributed by atoms with Crippen molar-refractivity contribution in [1.29, 1.82) is 0 Å². The molecule has 0 aromatic heterocycles. The van der Waals surface area contributed by atoms with Crippen molar-refractivity contribution in [3.8, 4) is 11.5 Å². The highest BCUT2D eigenvalue weighted by molar-refractivity contribution is 7.92. The third-order valence-corrected chi connectivity index (χ3v) is 7.42. The van der Waals surface area contributed by atoms with Crippen LogP contribution in [0.5, 0.6) is 11.5 Å². The number of methoxy groups -OCH3 is 2. The Balaban J connectivity index is 1.93. The molecule has 3 aromatic rings. The van der Waals surface area contributed by atoms with E-state index in [-0.39, 0.29) is 17.1 Å². The van der Waals surface area contributed by atoms with Crippen LogP contribution in [0.25, 0.3) is 0 Å². The predicted molar refractivity (Wildman–Crippen MR) is 134 cm³/mol. The van der Waals surface area contributed by atoms with Gasteiger partial charge in [0, 0.05) is 22.7 Å². The number of ether oxygens (including phenoxy) is 2. The van der Waals surface area contributed by atoms with Gasteiger partial charge >= 0.3 is 0 Å². The van der Waals surface area contributed by atoms with Gasteiger partial charge in [0.25, 0.3) is 10.0 Å². The maximum atomic E-state index is 13.5. The summed E-state index contributed by atoms with van der Waals surface area (Å²) in [7, 11) is -1.15. The number of halogens is 2. The minimum Gasteiger partial charge on any atom is -0.493 e. The van der Waals surface area contributed by atoms with E-state index in [1.54, 1.807) is 42.5 Å². The van der Waals surface area contributed by atoms with E-state index >= 15 is 0 Å². The Labute approximate surface area is 209 Å². The predicted octanol–water partition coefficient (Wildman–Crippen LogP) is 4.83. The summed E-state index contributed by atoms with van der Waals surface area (Å²) in [5, 5.41) is 3.59. The Hall–Kier alpha value is -2.94. The summed E-state index contributed by atoms with van der Waals surface area (Å²) in [4.78, 5) is 12.9. The summed E-state index contributed by atoms with van der Waals surface area (Å²) in [6.07, 6.45) is 0. The molecule has 0 bridgehead atoms. The van der Waals surface area contributed by atoms with Crippen molar-refractivity contribution < 1.29 is 22.7 Å². The van der Waals surface area contributed by atoms with Crippen LogP contribution in [-0.2, 0) is 21.4 Å². The Morgan fingerprint density at radius 1 is 0.941 bits per heavy atom. The first-order valence-electron chi connectivity index (χ1n) is 10.2. The molecule has 10 heteroatoms. The van der Waals surface area contributed by atoms with E-state index in [0.29, 0.717) is 27.1 Å². The van der Waals surface area contributed by atoms with E-state index in [2.05, 4.69) is 5.32 Å². The number of anilines is 1. The molecule has 0 unspecified atom stereocenters. The molecule has 3 rings (SSSR count). The monoisotopic (exact) mass is 522 g/mol. The third kappa shape index (κ3) is 5.94. The van der Waals surface area contributed by atoms with Crippen LogP contribution >= 0.6 is 23.2 Å². The smallest absolute Gasteiger partial charge is 0.264 e. The quantitative estimate of drug-likeness (QED) is 0.434. The Morgan fingerprint density at radius 3 is 2.24 bits per heavy atom. The van der Waals surface area contributed by atoms with Gasteiger partial charge in [-0.15, -0.1) is 0 Å². The summed E-state index contributed by atoms with van der Waals surface area (Å²) in [6.45, 7) is 1.51. The molecule has 0 aliphatic rings. The first kappa shape index (κ1) is 25.7. The second kappa shape index (κ2) is 11.0. The summed E-state index contributed by atoms with van der Waals surface area (Å²) in [5.41, 5.74) is 1.81. The van der Waals surface area contributed by atoms with Crippen molar-refractivity contribution >= 4 is 44.8 Å². The third-order valence-electron chi connectivity index (χ3n) is 5.04. The Morgan fingerprint density at radius 2 is 1.62 bits per heavy atom. The van der Waals surface area contributed by atoms with Crippen molar-refractivity contribution in [2.45, 2.75) is 18.4 Å². The van der Waals surface area contributed by atoms with E-state index in [1.165, 1.54) is 32.4 Å². The van der Waals surface area contributed by atoms with E-state index in [4.69, 9.17) is 32.7 Å². The van der Waals surface area contributed by atoms with Crippen LogP contribution < -0.4 is 19.1 Å². The fourth-order valence-corrected chi connectivity index (χ4v) is 5.07. The van der Waals surface area contributed by atoms with E-state index < -0.39 is 22.5 Å². The number of aryl methyl sites for hydroxylation is 1. The van der Waals surface area contributed by atoms with Gasteiger partial charge in [0.05, 0.1) is 24.8 Å². The van der Waals surface area contributed by atoms with Crippen LogP contribution in [0.15, 0.2) is 65.6 Å². The summed E-state index contributed by atoms with van der Waals surface area (Å²) in [5.74, 6) is 0.245. The number of amides is 1. The molecule has 0 aliphatic heterocycles. The van der Waals surface area contributed by atoms with E-state index in [0.717, 1.165) is 9.87 Å². The number of benzene rings is 3. The number of hydrogen-bond acceptors (Lipinski definition) is 5. The number of rotatable bonds is 9. The topological polar surface area (TPSA) is 84.9 Å². The first-order valence-corrected chi connectivity index (χ1v) is 12.4. The highest BCUT2D eigenvalue weighted by Crippen LogP contribution is 2.33. The lowest BCUT2D eigenvalue weighted by Gasteiger charge is -2.25. The Kier molecular flexibility index (Phi) is 8.30. The summed E-state index contributed by atoms with van der Waals surface area (Å²) >= 11 is 12.1. The number of nitrogens with zero attached hydrogens (tertiary/aromatic N) is 1. The molecule has 0 fully saturated rings. The molecular formula is C24H24Cl2N2O5S. The highest BCUT2D eigenvalue weighted by atomic mass is 35.5. The molecule has 0 saturated carbocycles. The maximum absolute atomic E-state index is 13.5. The maximum Gasteiger partial charge on any atom is 0.264 e. The molecule has 180 valence electrons. The molecule has 0 aliphatic carbocycles. The van der Waals surface area contributed by atoms with Crippen LogP contribution in [-0.4, -0.2) is 35.1 Å². The van der Waals surface area contributed by atoms with Gasteiger partial charge in [-0.1, -0.05) is 47.0 Å². The van der Waals surface area contributed by atoms with Crippen LogP contribution in [0.3, 0.4) is 0 Å². The fraction of sp³-hybridized carbons (Fsp3) is 0.208. The average molecular weight is 523 g/mol. The van der Waals surface area contributed by atoms with Gasteiger partial charge in [-0.3, -0.25) is 9.10 Å². The standard InChI is InChI=1S/C24H24Cl2N2O5S/c1-16-4-9-20(10-5-16)34(30,31)28(19-8-11-22(32-2)23(13-19)33-3)15-24(29)27-14-17-6-7-18(25)12-21(17)26/h4-13H,14-15H2,1-3H3,(H,27,29). The molecule has 0 heterocycles. The molecule has 7 nitrogen and oxygen atoms in total. The molecule has 1 N–H and O–H groups in total. The van der Waals surface area contributed by atoms with Crippen LogP contribution in [0.4, 0.5) is 5.69 Å². The van der Waals surface area contributed by atoms with Crippen molar-refractivity contribution in [2.75, 3.05) is 25.1 Å². The molecule has 1 amide bonds. The van der Waals surface area contributed by atoms with Gasteiger partial charge in [-0.2, -0.15) is 0 Å². The number of nitrogens with one attached hydrogen (secondary N) is 1. The molecule has 0 spiro atoms. The minimum absolute atomic E-state index is 0.0569. The van der Waals surface area contributed by atoms with Crippen molar-refractivity contribution in [2.24, 2.45) is 0 Å². The largest absolute Gasteiger partial charge is 0.493 e. The molecule has 0 saturated heterocycles. The Bertz CT molecular complexity index is 1280. The van der Waals surface area contributed by atoms with Crippen LogP contribution in [0, 0.1) is 6.92 Å². The van der Waals surface area contributed by atoms with Gasteiger partial charge in [0.1, 0.15) is 6.54 Å². The summed E-state index contributed by atoms with van der Waals surface area (Å²) in [6, 6.07) is 16.0. The van der Waals surface area contributed by atoms with Crippen molar-refractivity contribution in [3.05, 3.63) is 81.8 Å². The van der Waals surface area contributed by atoms with Gasteiger partial charge in [0.2, 0.25) is 5.91 Å². The first-order chi connectivity index (χ1) is 16.1. The zero-order valence-corrected chi connectivity index (χ0v) is 21.2. The summed E-state index contributed by atoms with van der Waals surface area (Å²) < 4.78 is 38.7. The second-order valence-corrected chi connectivity index (χ2v) is 10.1. The molecular weight excluding hydrogens is 499 g/mol. The van der Waals surface area contributed by atoms with Gasteiger partial charge < -0.3 is 14.8 Å². The molecule has 0 radical (unpaired) electrons. The van der Waals surface area contributed by atoms with Gasteiger partial charge in [0.15, 0.2) is 11.5 Å².